The maximum atomic E-state index is 9.64. The first-order chi connectivity index (χ1) is 5.79. The van der Waals surface area contributed by atoms with E-state index in [-0.39, 0.29) is 6.10 Å². The van der Waals surface area contributed by atoms with Gasteiger partial charge in [0.25, 0.3) is 0 Å². The van der Waals surface area contributed by atoms with Crippen molar-refractivity contribution in [1.29, 1.82) is 0 Å². The van der Waals surface area contributed by atoms with Gasteiger partial charge in [-0.3, -0.25) is 4.68 Å². The number of hydrogen-bond acceptors (Lipinski definition) is 2. The van der Waals surface area contributed by atoms with Crippen LogP contribution in [0.5, 0.6) is 0 Å². The molecule has 1 aliphatic rings. The van der Waals surface area contributed by atoms with E-state index in [1.807, 2.05) is 17.8 Å². The molecule has 12 heavy (non-hydrogen) atoms. The van der Waals surface area contributed by atoms with E-state index in [0.29, 0.717) is 5.92 Å². The van der Waals surface area contributed by atoms with Crippen LogP contribution in [0.2, 0.25) is 0 Å². The van der Waals surface area contributed by atoms with Crippen molar-refractivity contribution >= 4 is 0 Å². The Balaban J connectivity index is 2.24. The normalized spacial score (nSPS) is 29.5. The summed E-state index contributed by atoms with van der Waals surface area (Å²) in [5.74, 6) is 0.317. The van der Waals surface area contributed by atoms with Crippen molar-refractivity contribution in [2.75, 3.05) is 0 Å². The lowest BCUT2D eigenvalue weighted by Crippen LogP contribution is -2.14. The van der Waals surface area contributed by atoms with Crippen molar-refractivity contribution in [3.8, 4) is 0 Å². The second-order valence-electron chi connectivity index (χ2n) is 3.48. The molecule has 0 aromatic carbocycles. The van der Waals surface area contributed by atoms with Gasteiger partial charge in [-0.05, 0) is 18.9 Å². The van der Waals surface area contributed by atoms with Crippen molar-refractivity contribution in [2.45, 2.75) is 31.3 Å². The summed E-state index contributed by atoms with van der Waals surface area (Å²) in [6.07, 6.45) is 4.81. The molecule has 0 spiro atoms. The van der Waals surface area contributed by atoms with E-state index in [0.717, 1.165) is 19.3 Å². The van der Waals surface area contributed by atoms with Gasteiger partial charge in [0.1, 0.15) is 0 Å². The number of aryl methyl sites for hydroxylation is 1. The van der Waals surface area contributed by atoms with Crippen LogP contribution >= 0.6 is 0 Å². The van der Waals surface area contributed by atoms with Crippen molar-refractivity contribution in [1.82, 2.24) is 9.78 Å². The van der Waals surface area contributed by atoms with Crippen LogP contribution in [-0.2, 0) is 7.05 Å². The molecule has 1 fully saturated rings. The monoisotopic (exact) mass is 166 g/mol. The third kappa shape index (κ3) is 1.14. The van der Waals surface area contributed by atoms with Gasteiger partial charge in [-0.1, -0.05) is 6.42 Å². The molecule has 3 heteroatoms. The molecule has 1 N–H and O–H groups in total. The van der Waals surface area contributed by atoms with Gasteiger partial charge in [-0.2, -0.15) is 5.10 Å². The Hall–Kier alpha value is -0.830. The molecule has 3 nitrogen and oxygen atoms in total. The average Bonchev–Trinajstić information content (AvgIpc) is 2.59. The van der Waals surface area contributed by atoms with Gasteiger partial charge in [0.2, 0.25) is 0 Å². The average molecular weight is 166 g/mol. The molecular weight excluding hydrogens is 152 g/mol. The first-order valence-electron chi connectivity index (χ1n) is 4.45. The minimum Gasteiger partial charge on any atom is -0.392 e. The van der Waals surface area contributed by atoms with Gasteiger partial charge in [0.15, 0.2) is 0 Å². The molecule has 2 atom stereocenters. The first kappa shape index (κ1) is 7.80. The summed E-state index contributed by atoms with van der Waals surface area (Å²) in [6.45, 7) is 0. The molecule has 0 aliphatic heterocycles. The van der Waals surface area contributed by atoms with Crippen molar-refractivity contribution in [3.63, 3.8) is 0 Å². The van der Waals surface area contributed by atoms with E-state index in [9.17, 15) is 5.11 Å². The quantitative estimate of drug-likeness (QED) is 0.677. The second kappa shape index (κ2) is 2.90. The molecule has 1 aromatic heterocycles. The predicted octanol–water partition coefficient (Wildman–Crippen LogP) is 1.05. The van der Waals surface area contributed by atoms with Crippen LogP contribution in [0.25, 0.3) is 0 Å². The lowest BCUT2D eigenvalue weighted by Gasteiger charge is -2.13. The fraction of sp³-hybridized carbons (Fsp3) is 0.667. The largest absolute Gasteiger partial charge is 0.392 e. The van der Waals surface area contributed by atoms with Crippen molar-refractivity contribution in [2.24, 2.45) is 7.05 Å². The van der Waals surface area contributed by atoms with Crippen LogP contribution in [0.1, 0.15) is 30.9 Å². The molecular formula is C9H14N2O. The van der Waals surface area contributed by atoms with Gasteiger partial charge < -0.3 is 5.11 Å². The molecule has 1 aliphatic carbocycles. The Morgan fingerprint density at radius 2 is 2.42 bits per heavy atom. The fourth-order valence-corrected chi connectivity index (χ4v) is 2.03. The van der Waals surface area contributed by atoms with E-state index in [4.69, 9.17) is 0 Å². The molecule has 0 radical (unpaired) electrons. The molecule has 0 amide bonds. The highest BCUT2D eigenvalue weighted by atomic mass is 16.3. The fourth-order valence-electron chi connectivity index (χ4n) is 2.03. The zero-order valence-corrected chi connectivity index (χ0v) is 7.27. The Morgan fingerprint density at radius 1 is 1.58 bits per heavy atom. The molecule has 1 aromatic rings. The van der Waals surface area contributed by atoms with Crippen molar-refractivity contribution < 1.29 is 5.11 Å². The van der Waals surface area contributed by atoms with E-state index >= 15 is 0 Å². The highest BCUT2D eigenvalue weighted by Crippen LogP contribution is 2.33. The Bertz CT molecular complexity index is 269. The standard InChI is InChI=1S/C9H14N2O/c1-11-8(5-6-10-11)7-3-2-4-9(7)12/h5-7,9,12H,2-4H2,1H3. The summed E-state index contributed by atoms with van der Waals surface area (Å²) in [4.78, 5) is 0. The van der Waals surface area contributed by atoms with Gasteiger partial charge in [-0.15, -0.1) is 0 Å². The summed E-state index contributed by atoms with van der Waals surface area (Å²) < 4.78 is 1.86. The third-order valence-electron chi connectivity index (χ3n) is 2.72. The highest BCUT2D eigenvalue weighted by molar-refractivity contribution is 5.11. The van der Waals surface area contributed by atoms with E-state index in [2.05, 4.69) is 5.10 Å². The third-order valence-corrected chi connectivity index (χ3v) is 2.72. The summed E-state index contributed by atoms with van der Waals surface area (Å²) in [5, 5.41) is 13.7. The maximum Gasteiger partial charge on any atom is 0.0623 e. The van der Waals surface area contributed by atoms with Gasteiger partial charge in [0.05, 0.1) is 6.10 Å². The number of hydrogen-bond donors (Lipinski definition) is 1. The lowest BCUT2D eigenvalue weighted by atomic mass is 10.0. The Morgan fingerprint density at radius 3 is 2.92 bits per heavy atom. The molecule has 0 bridgehead atoms. The summed E-state index contributed by atoms with van der Waals surface area (Å²) >= 11 is 0. The Labute approximate surface area is 72.0 Å². The number of rotatable bonds is 1. The first-order valence-corrected chi connectivity index (χ1v) is 4.45. The topological polar surface area (TPSA) is 38.0 Å². The smallest absolute Gasteiger partial charge is 0.0623 e. The number of aliphatic hydroxyl groups is 1. The zero-order valence-electron chi connectivity index (χ0n) is 7.27. The SMILES string of the molecule is Cn1nccc1C1CCCC1O. The number of aromatic nitrogens is 2. The predicted molar refractivity (Wildman–Crippen MR) is 45.8 cm³/mol. The number of aliphatic hydroxyl groups excluding tert-OH is 1. The zero-order chi connectivity index (χ0) is 8.55. The van der Waals surface area contributed by atoms with Crippen LogP contribution < -0.4 is 0 Å². The molecule has 0 saturated heterocycles. The van der Waals surface area contributed by atoms with Crippen LogP contribution in [-0.4, -0.2) is 21.0 Å². The summed E-state index contributed by atoms with van der Waals surface area (Å²) in [6, 6.07) is 2.00. The lowest BCUT2D eigenvalue weighted by molar-refractivity contribution is 0.160. The van der Waals surface area contributed by atoms with Crippen LogP contribution in [0.3, 0.4) is 0 Å². The molecule has 2 unspecified atom stereocenters. The van der Waals surface area contributed by atoms with Crippen LogP contribution in [0.15, 0.2) is 12.3 Å². The van der Waals surface area contributed by atoms with E-state index < -0.39 is 0 Å². The number of nitrogens with zero attached hydrogens (tertiary/aromatic N) is 2. The van der Waals surface area contributed by atoms with Crippen molar-refractivity contribution in [3.05, 3.63) is 18.0 Å². The second-order valence-corrected chi connectivity index (χ2v) is 3.48. The minimum atomic E-state index is -0.152. The molecule has 1 saturated carbocycles. The van der Waals surface area contributed by atoms with Gasteiger partial charge in [0, 0.05) is 24.9 Å². The van der Waals surface area contributed by atoms with Gasteiger partial charge in [-0.25, -0.2) is 0 Å². The highest BCUT2D eigenvalue weighted by Gasteiger charge is 2.28. The molecule has 2 rings (SSSR count). The maximum absolute atomic E-state index is 9.64. The van der Waals surface area contributed by atoms with Gasteiger partial charge >= 0.3 is 0 Å². The van der Waals surface area contributed by atoms with E-state index in [1.165, 1.54) is 5.69 Å². The summed E-state index contributed by atoms with van der Waals surface area (Å²) in [5.41, 5.74) is 1.17. The van der Waals surface area contributed by atoms with Crippen LogP contribution in [0, 0.1) is 0 Å². The molecule has 1 heterocycles. The minimum absolute atomic E-state index is 0.152. The summed E-state index contributed by atoms with van der Waals surface area (Å²) in [7, 11) is 1.93. The van der Waals surface area contributed by atoms with E-state index in [1.54, 1.807) is 6.20 Å². The molecule has 66 valence electrons. The van der Waals surface area contributed by atoms with Crippen LogP contribution in [0.4, 0.5) is 0 Å². The Kier molecular flexibility index (Phi) is 1.89.